The van der Waals surface area contributed by atoms with Gasteiger partial charge >= 0.3 is 0 Å². The van der Waals surface area contributed by atoms with Crippen molar-refractivity contribution < 1.29 is 35.0 Å². The van der Waals surface area contributed by atoms with Gasteiger partial charge in [-0.1, -0.05) is 0 Å². The summed E-state index contributed by atoms with van der Waals surface area (Å²) in [7, 11) is -3.52. The fourth-order valence-electron chi connectivity index (χ4n) is 1.50. The summed E-state index contributed by atoms with van der Waals surface area (Å²) in [5, 5.41) is 2.73. The van der Waals surface area contributed by atoms with Gasteiger partial charge in [-0.15, -0.1) is 4.83 Å². The van der Waals surface area contributed by atoms with Crippen LogP contribution in [0.3, 0.4) is 0 Å². The minimum Gasteiger partial charge on any atom is -1.00 e. The Hall–Kier alpha value is -1.71. The number of hydrogen-bond donors (Lipinski definition) is 3. The standard InChI is InChI=1S/C12H18N4O4S.ClH/c1-9(2)13-11(17)8-16-6-4-5-10(7-16)12(18)14-15-21(3,19)20;/h4-7,9,15H,8H2,1-3H3,(H-,13,14,17,18);1H. The van der Waals surface area contributed by atoms with Crippen LogP contribution in [0.1, 0.15) is 24.2 Å². The van der Waals surface area contributed by atoms with Crippen molar-refractivity contribution in [3.63, 3.8) is 0 Å². The molecular weight excluding hydrogens is 332 g/mol. The molecule has 1 heterocycles. The van der Waals surface area contributed by atoms with Gasteiger partial charge in [0.15, 0.2) is 12.4 Å². The van der Waals surface area contributed by atoms with E-state index in [1.165, 1.54) is 16.8 Å². The molecule has 0 aromatic carbocycles. The molecule has 0 saturated heterocycles. The quantitative estimate of drug-likeness (QED) is 0.356. The number of carbonyl (C=O) groups excluding carboxylic acids is 2. The van der Waals surface area contributed by atoms with Crippen molar-refractivity contribution in [2.24, 2.45) is 0 Å². The van der Waals surface area contributed by atoms with Crippen molar-refractivity contribution in [3.8, 4) is 0 Å². The van der Waals surface area contributed by atoms with E-state index in [1.807, 2.05) is 18.7 Å². The smallest absolute Gasteiger partial charge is 0.286 e. The molecule has 0 spiro atoms. The van der Waals surface area contributed by atoms with Gasteiger partial charge in [0.05, 0.1) is 6.26 Å². The third-order valence-corrected chi connectivity index (χ3v) is 2.72. The Kier molecular flexibility index (Phi) is 7.99. The molecule has 0 aliphatic carbocycles. The number of nitrogens with one attached hydrogen (secondary N) is 3. The first-order valence-corrected chi connectivity index (χ1v) is 8.12. The number of hydrazine groups is 1. The lowest BCUT2D eigenvalue weighted by Crippen LogP contribution is -3.00. The van der Waals surface area contributed by atoms with Gasteiger partial charge in [0.2, 0.25) is 16.6 Å². The predicted octanol–water partition coefficient (Wildman–Crippen LogP) is -4.30. The number of amides is 2. The molecule has 0 aliphatic rings. The average molecular weight is 351 g/mol. The summed E-state index contributed by atoms with van der Waals surface area (Å²) in [5.41, 5.74) is 2.29. The van der Waals surface area contributed by atoms with E-state index in [1.54, 1.807) is 12.3 Å². The second-order valence-corrected chi connectivity index (χ2v) is 6.56. The van der Waals surface area contributed by atoms with E-state index in [-0.39, 0.29) is 36.5 Å². The third-order valence-electron chi connectivity index (χ3n) is 2.25. The van der Waals surface area contributed by atoms with Crippen LogP contribution in [0.5, 0.6) is 0 Å². The molecule has 0 atom stereocenters. The Morgan fingerprint density at radius 1 is 1.32 bits per heavy atom. The normalized spacial score (nSPS) is 10.7. The maximum Gasteiger partial charge on any atom is 0.286 e. The van der Waals surface area contributed by atoms with Crippen LogP contribution in [0, 0.1) is 0 Å². The van der Waals surface area contributed by atoms with Gasteiger partial charge in [0, 0.05) is 12.1 Å². The first kappa shape index (κ1) is 20.3. The van der Waals surface area contributed by atoms with Gasteiger partial charge in [-0.3, -0.25) is 15.0 Å². The fraction of sp³-hybridized carbons (Fsp3) is 0.417. The molecule has 8 nitrogen and oxygen atoms in total. The molecule has 22 heavy (non-hydrogen) atoms. The lowest BCUT2D eigenvalue weighted by atomic mass is 10.2. The van der Waals surface area contributed by atoms with Crippen molar-refractivity contribution >= 4 is 21.8 Å². The number of hydrogen-bond acceptors (Lipinski definition) is 4. The molecule has 1 rings (SSSR count). The molecule has 1 aromatic heterocycles. The molecular formula is C12H19ClN4O4S. The Morgan fingerprint density at radius 2 is 1.95 bits per heavy atom. The Balaban J connectivity index is 0.00000441. The number of carbonyl (C=O) groups is 2. The van der Waals surface area contributed by atoms with Gasteiger partial charge in [-0.25, -0.2) is 8.42 Å². The summed E-state index contributed by atoms with van der Waals surface area (Å²) in [4.78, 5) is 25.3. The Labute approximate surface area is 135 Å². The number of rotatable bonds is 6. The Morgan fingerprint density at radius 3 is 2.50 bits per heavy atom. The molecule has 2 amide bonds. The second-order valence-electron chi connectivity index (χ2n) is 4.82. The van der Waals surface area contributed by atoms with E-state index in [4.69, 9.17) is 0 Å². The van der Waals surface area contributed by atoms with Gasteiger partial charge in [0.1, 0.15) is 5.56 Å². The first-order valence-electron chi connectivity index (χ1n) is 6.23. The van der Waals surface area contributed by atoms with E-state index in [0.29, 0.717) is 0 Å². The molecule has 0 unspecified atom stereocenters. The van der Waals surface area contributed by atoms with E-state index in [0.717, 1.165) is 6.26 Å². The summed E-state index contributed by atoms with van der Waals surface area (Å²) >= 11 is 0. The fourth-order valence-corrected chi connectivity index (χ4v) is 1.78. The maximum absolute atomic E-state index is 11.8. The molecule has 0 radical (unpaired) electrons. The lowest BCUT2D eigenvalue weighted by Gasteiger charge is -2.06. The second kappa shape index (κ2) is 8.66. The number of halogens is 1. The van der Waals surface area contributed by atoms with Crippen LogP contribution in [0.2, 0.25) is 0 Å². The number of pyridine rings is 1. The van der Waals surface area contributed by atoms with Crippen LogP contribution >= 0.6 is 0 Å². The van der Waals surface area contributed by atoms with E-state index < -0.39 is 15.9 Å². The van der Waals surface area contributed by atoms with Gasteiger partial charge < -0.3 is 17.7 Å². The molecule has 124 valence electrons. The molecule has 1 aromatic rings. The highest BCUT2D eigenvalue weighted by molar-refractivity contribution is 7.88. The van der Waals surface area contributed by atoms with E-state index >= 15 is 0 Å². The SMILES string of the molecule is CC(C)NC(=O)C[n+]1cccc(C(=O)NNS(C)(=O)=O)c1.[Cl-]. The lowest BCUT2D eigenvalue weighted by molar-refractivity contribution is -0.684. The highest BCUT2D eigenvalue weighted by atomic mass is 35.5. The van der Waals surface area contributed by atoms with Crippen molar-refractivity contribution in [1.82, 2.24) is 15.6 Å². The predicted molar refractivity (Wildman–Crippen MR) is 75.4 cm³/mol. The molecule has 0 aliphatic heterocycles. The minimum absolute atomic E-state index is 0. The molecule has 3 N–H and O–H groups in total. The summed E-state index contributed by atoms with van der Waals surface area (Å²) in [5.74, 6) is -0.791. The van der Waals surface area contributed by atoms with Crippen LogP contribution in [-0.4, -0.2) is 32.5 Å². The number of nitrogens with zero attached hydrogens (tertiary/aromatic N) is 1. The van der Waals surface area contributed by atoms with Gasteiger partial charge in [-0.05, 0) is 19.9 Å². The number of sulfonamides is 1. The van der Waals surface area contributed by atoms with Crippen molar-refractivity contribution in [2.75, 3.05) is 6.26 Å². The van der Waals surface area contributed by atoms with Crippen molar-refractivity contribution in [3.05, 3.63) is 30.1 Å². The average Bonchev–Trinajstić information content (AvgIpc) is 2.34. The van der Waals surface area contributed by atoms with Crippen LogP contribution in [0.15, 0.2) is 24.5 Å². The minimum atomic E-state index is -3.52. The largest absolute Gasteiger partial charge is 1.00 e. The van der Waals surface area contributed by atoms with Crippen molar-refractivity contribution in [2.45, 2.75) is 26.4 Å². The zero-order valence-electron chi connectivity index (χ0n) is 12.5. The molecule has 10 heteroatoms. The van der Waals surface area contributed by atoms with Gasteiger partial charge in [-0.2, -0.15) is 4.57 Å². The molecule has 0 fully saturated rings. The highest BCUT2D eigenvalue weighted by Crippen LogP contribution is 1.94. The van der Waals surface area contributed by atoms with Gasteiger partial charge in [0.25, 0.3) is 11.8 Å². The summed E-state index contributed by atoms with van der Waals surface area (Å²) in [6, 6.07) is 3.14. The maximum atomic E-state index is 11.8. The zero-order valence-corrected chi connectivity index (χ0v) is 14.0. The summed E-state index contributed by atoms with van der Waals surface area (Å²) < 4.78 is 23.3. The monoisotopic (exact) mass is 350 g/mol. The van der Waals surface area contributed by atoms with E-state index in [2.05, 4.69) is 10.7 Å². The van der Waals surface area contributed by atoms with Crippen LogP contribution in [-0.2, 0) is 21.4 Å². The zero-order chi connectivity index (χ0) is 16.0. The van der Waals surface area contributed by atoms with E-state index in [9.17, 15) is 18.0 Å². The van der Waals surface area contributed by atoms with Crippen LogP contribution in [0.4, 0.5) is 0 Å². The molecule has 0 saturated carbocycles. The first-order chi connectivity index (χ1) is 9.67. The van der Waals surface area contributed by atoms with Crippen LogP contribution < -0.4 is 32.5 Å². The highest BCUT2D eigenvalue weighted by Gasteiger charge is 2.14. The third kappa shape index (κ3) is 7.91. The summed E-state index contributed by atoms with van der Waals surface area (Å²) in [6.45, 7) is 3.77. The van der Waals surface area contributed by atoms with Crippen molar-refractivity contribution in [1.29, 1.82) is 0 Å². The number of aromatic nitrogens is 1. The topological polar surface area (TPSA) is 108 Å². The van der Waals surface area contributed by atoms with Crippen LogP contribution in [0.25, 0.3) is 0 Å². The molecule has 0 bridgehead atoms. The Bertz CT molecular complexity index is 634. The summed E-state index contributed by atoms with van der Waals surface area (Å²) in [6.07, 6.45) is 4.02.